The number of alkyl halides is 3. The normalized spacial score (nSPS) is 16.6. The van der Waals surface area contributed by atoms with Crippen molar-refractivity contribution < 1.29 is 27.9 Å². The maximum atomic E-state index is 12.3. The predicted octanol–water partition coefficient (Wildman–Crippen LogP) is 2.77. The standard InChI is InChI=1S/C15H16F3NO3/c16-15(17,18)9-13(21)19-7-5-11(6-8-19)14(22)10-1-3-12(20)4-2-10/h1-4,11,20H,5-9H2. The number of halogens is 3. The first-order valence-electron chi connectivity index (χ1n) is 6.94. The maximum Gasteiger partial charge on any atom is 0.397 e. The van der Waals surface area contributed by atoms with E-state index in [1.165, 1.54) is 24.3 Å². The Balaban J connectivity index is 1.90. The second-order valence-corrected chi connectivity index (χ2v) is 5.36. The summed E-state index contributed by atoms with van der Waals surface area (Å²) in [4.78, 5) is 24.9. The first-order valence-corrected chi connectivity index (χ1v) is 6.94. The Kier molecular flexibility index (Phi) is 4.73. The summed E-state index contributed by atoms with van der Waals surface area (Å²) in [5.74, 6) is -1.30. The number of piperidine rings is 1. The van der Waals surface area contributed by atoms with Gasteiger partial charge < -0.3 is 10.0 Å². The van der Waals surface area contributed by atoms with Gasteiger partial charge >= 0.3 is 6.18 Å². The average Bonchev–Trinajstić information content (AvgIpc) is 2.46. The molecule has 2 rings (SSSR count). The van der Waals surface area contributed by atoms with E-state index in [0.717, 1.165) is 4.90 Å². The maximum absolute atomic E-state index is 12.3. The van der Waals surface area contributed by atoms with Crippen LogP contribution in [0.25, 0.3) is 0 Å². The van der Waals surface area contributed by atoms with Crippen LogP contribution in [0.3, 0.4) is 0 Å². The van der Waals surface area contributed by atoms with Gasteiger partial charge in [0, 0.05) is 24.6 Å². The summed E-state index contributed by atoms with van der Waals surface area (Å²) in [7, 11) is 0. The summed E-state index contributed by atoms with van der Waals surface area (Å²) >= 11 is 0. The molecule has 0 aromatic heterocycles. The summed E-state index contributed by atoms with van der Waals surface area (Å²) in [5.41, 5.74) is 0.456. The molecule has 1 heterocycles. The van der Waals surface area contributed by atoms with E-state index in [0.29, 0.717) is 18.4 Å². The number of carbonyl (C=O) groups is 2. The lowest BCUT2D eigenvalue weighted by atomic mass is 9.89. The molecule has 4 nitrogen and oxygen atoms in total. The van der Waals surface area contributed by atoms with Crippen molar-refractivity contribution >= 4 is 11.7 Å². The molecule has 0 atom stereocenters. The number of Topliss-reactive ketones (excluding diaryl/α,β-unsaturated/α-hetero) is 1. The molecular weight excluding hydrogens is 299 g/mol. The van der Waals surface area contributed by atoms with E-state index in [1.54, 1.807) is 0 Å². The molecule has 0 spiro atoms. The zero-order chi connectivity index (χ0) is 16.3. The third kappa shape index (κ3) is 4.22. The van der Waals surface area contributed by atoms with Gasteiger partial charge in [-0.1, -0.05) is 0 Å². The van der Waals surface area contributed by atoms with Crippen LogP contribution >= 0.6 is 0 Å². The van der Waals surface area contributed by atoms with Gasteiger partial charge in [0.25, 0.3) is 0 Å². The van der Waals surface area contributed by atoms with E-state index >= 15 is 0 Å². The van der Waals surface area contributed by atoms with Gasteiger partial charge in [-0.3, -0.25) is 9.59 Å². The topological polar surface area (TPSA) is 57.6 Å². The number of phenols is 1. The van der Waals surface area contributed by atoms with Crippen LogP contribution in [0, 0.1) is 5.92 Å². The first-order chi connectivity index (χ1) is 10.3. The molecule has 0 saturated carbocycles. The van der Waals surface area contributed by atoms with Gasteiger partial charge in [-0.25, -0.2) is 0 Å². The molecule has 22 heavy (non-hydrogen) atoms. The molecule has 1 aliphatic heterocycles. The highest BCUT2D eigenvalue weighted by Gasteiger charge is 2.35. The van der Waals surface area contributed by atoms with Crippen LogP contribution in [0.15, 0.2) is 24.3 Å². The lowest BCUT2D eigenvalue weighted by molar-refractivity contribution is -0.162. The van der Waals surface area contributed by atoms with Crippen molar-refractivity contribution in [3.63, 3.8) is 0 Å². The fourth-order valence-electron chi connectivity index (χ4n) is 2.54. The molecule has 1 aliphatic rings. The molecule has 1 fully saturated rings. The molecule has 1 saturated heterocycles. The number of ketones is 1. The van der Waals surface area contributed by atoms with E-state index in [2.05, 4.69) is 0 Å². The number of phenolic OH excluding ortho intramolecular Hbond substituents is 1. The fourth-order valence-corrected chi connectivity index (χ4v) is 2.54. The van der Waals surface area contributed by atoms with Crippen LogP contribution in [0.5, 0.6) is 5.75 Å². The van der Waals surface area contributed by atoms with Crippen LogP contribution in [0.2, 0.25) is 0 Å². The largest absolute Gasteiger partial charge is 0.508 e. The van der Waals surface area contributed by atoms with E-state index in [-0.39, 0.29) is 30.5 Å². The number of hydrogen-bond donors (Lipinski definition) is 1. The summed E-state index contributed by atoms with van der Waals surface area (Å²) in [5, 5.41) is 9.19. The molecule has 1 amide bonds. The molecule has 1 aromatic rings. The van der Waals surface area contributed by atoms with Gasteiger partial charge in [-0.15, -0.1) is 0 Å². The van der Waals surface area contributed by atoms with Crippen molar-refractivity contribution in [1.82, 2.24) is 4.90 Å². The second kappa shape index (κ2) is 6.37. The first kappa shape index (κ1) is 16.3. The number of rotatable bonds is 3. The van der Waals surface area contributed by atoms with Gasteiger partial charge in [0.05, 0.1) is 0 Å². The molecular formula is C15H16F3NO3. The highest BCUT2D eigenvalue weighted by atomic mass is 19.4. The minimum atomic E-state index is -4.50. The Morgan fingerprint density at radius 1 is 1.14 bits per heavy atom. The Morgan fingerprint density at radius 3 is 2.18 bits per heavy atom. The van der Waals surface area contributed by atoms with Crippen LogP contribution in [0.1, 0.15) is 29.6 Å². The summed E-state index contributed by atoms with van der Waals surface area (Å²) in [6.07, 6.45) is -5.26. The van der Waals surface area contributed by atoms with Crippen molar-refractivity contribution in [2.24, 2.45) is 5.92 Å². The number of carbonyl (C=O) groups excluding carboxylic acids is 2. The van der Waals surface area contributed by atoms with Crippen molar-refractivity contribution in [2.75, 3.05) is 13.1 Å². The molecule has 1 N–H and O–H groups in total. The van der Waals surface area contributed by atoms with Crippen molar-refractivity contribution in [2.45, 2.75) is 25.4 Å². The van der Waals surface area contributed by atoms with E-state index in [9.17, 15) is 27.9 Å². The van der Waals surface area contributed by atoms with E-state index in [1.807, 2.05) is 0 Å². The molecule has 0 unspecified atom stereocenters. The SMILES string of the molecule is O=C(c1ccc(O)cc1)C1CCN(C(=O)CC(F)(F)F)CC1. The van der Waals surface area contributed by atoms with E-state index < -0.39 is 18.5 Å². The number of likely N-dealkylation sites (tertiary alicyclic amines) is 1. The number of nitrogens with zero attached hydrogens (tertiary/aromatic N) is 1. The molecule has 0 aliphatic carbocycles. The minimum absolute atomic E-state index is 0.0594. The van der Waals surface area contributed by atoms with Crippen molar-refractivity contribution in [1.29, 1.82) is 0 Å². The van der Waals surface area contributed by atoms with Crippen LogP contribution in [-0.4, -0.2) is 41.0 Å². The number of amides is 1. The van der Waals surface area contributed by atoms with Gasteiger partial charge in [0.15, 0.2) is 5.78 Å². The van der Waals surface area contributed by atoms with Gasteiger partial charge in [0.2, 0.25) is 5.91 Å². The van der Waals surface area contributed by atoms with E-state index in [4.69, 9.17) is 0 Å². The molecule has 0 bridgehead atoms. The van der Waals surface area contributed by atoms with Gasteiger partial charge in [-0.2, -0.15) is 13.2 Å². The zero-order valence-corrected chi connectivity index (χ0v) is 11.8. The Labute approximate surface area is 125 Å². The minimum Gasteiger partial charge on any atom is -0.508 e. The summed E-state index contributed by atoms with van der Waals surface area (Å²) < 4.78 is 36.6. The third-order valence-corrected chi connectivity index (χ3v) is 3.72. The van der Waals surface area contributed by atoms with Crippen molar-refractivity contribution in [3.05, 3.63) is 29.8 Å². The fraction of sp³-hybridized carbons (Fsp3) is 0.467. The van der Waals surface area contributed by atoms with Gasteiger partial charge in [-0.05, 0) is 37.1 Å². The zero-order valence-electron chi connectivity index (χ0n) is 11.8. The highest BCUT2D eigenvalue weighted by molar-refractivity contribution is 5.98. The Hall–Kier alpha value is -2.05. The van der Waals surface area contributed by atoms with Crippen molar-refractivity contribution in [3.8, 4) is 5.75 Å². The number of hydrogen-bond acceptors (Lipinski definition) is 3. The lowest BCUT2D eigenvalue weighted by Gasteiger charge is -2.31. The van der Waals surface area contributed by atoms with Gasteiger partial charge in [0.1, 0.15) is 12.2 Å². The highest BCUT2D eigenvalue weighted by Crippen LogP contribution is 2.26. The van der Waals surface area contributed by atoms with Crippen LogP contribution in [0.4, 0.5) is 13.2 Å². The Morgan fingerprint density at radius 2 is 1.68 bits per heavy atom. The second-order valence-electron chi connectivity index (χ2n) is 5.36. The molecule has 0 radical (unpaired) electrons. The quantitative estimate of drug-likeness (QED) is 0.873. The monoisotopic (exact) mass is 315 g/mol. The third-order valence-electron chi connectivity index (χ3n) is 3.72. The number of benzene rings is 1. The summed E-state index contributed by atoms with van der Waals surface area (Å²) in [6.45, 7) is 0.312. The van der Waals surface area contributed by atoms with Crippen LogP contribution < -0.4 is 0 Å². The number of aromatic hydroxyl groups is 1. The lowest BCUT2D eigenvalue weighted by Crippen LogP contribution is -2.41. The molecule has 120 valence electrons. The molecule has 1 aromatic carbocycles. The summed E-state index contributed by atoms with van der Waals surface area (Å²) in [6, 6.07) is 5.85. The van der Waals surface area contributed by atoms with Crippen LogP contribution in [-0.2, 0) is 4.79 Å². The Bertz CT molecular complexity index is 546. The molecule has 7 heteroatoms. The predicted molar refractivity (Wildman–Crippen MR) is 72.4 cm³/mol. The average molecular weight is 315 g/mol. The smallest absolute Gasteiger partial charge is 0.397 e.